The lowest BCUT2D eigenvalue weighted by atomic mass is 10.0. The number of rotatable bonds is 10. The smallest absolute Gasteiger partial charge is 0.119 e. The van der Waals surface area contributed by atoms with Crippen molar-refractivity contribution in [1.29, 1.82) is 0 Å². The minimum absolute atomic E-state index is 0.331. The van der Waals surface area contributed by atoms with Crippen molar-refractivity contribution in [2.75, 3.05) is 26.0 Å². The molecule has 1 unspecified atom stereocenters. The second kappa shape index (κ2) is 10.8. The summed E-state index contributed by atoms with van der Waals surface area (Å²) in [6.45, 7) is 1.04. The van der Waals surface area contributed by atoms with Crippen molar-refractivity contribution < 1.29 is 14.9 Å². The van der Waals surface area contributed by atoms with E-state index >= 15 is 0 Å². The van der Waals surface area contributed by atoms with E-state index < -0.39 is 12.1 Å². The molecule has 2 atom stereocenters. The van der Waals surface area contributed by atoms with E-state index in [2.05, 4.69) is 22.3 Å². The van der Waals surface area contributed by atoms with Gasteiger partial charge in [-0.25, -0.2) is 0 Å². The van der Waals surface area contributed by atoms with Crippen molar-refractivity contribution >= 4 is 5.69 Å². The van der Waals surface area contributed by atoms with E-state index in [4.69, 9.17) is 4.74 Å². The summed E-state index contributed by atoms with van der Waals surface area (Å²) in [6, 6.07) is 25.3. The molecular formula is C25H30N2O3. The van der Waals surface area contributed by atoms with Crippen LogP contribution in [0.5, 0.6) is 5.75 Å². The number of anilines is 1. The molecule has 0 saturated heterocycles. The van der Waals surface area contributed by atoms with E-state index in [1.54, 1.807) is 0 Å². The maximum atomic E-state index is 10.4. The third kappa shape index (κ3) is 6.32. The largest absolute Gasteiger partial charge is 0.489 e. The monoisotopic (exact) mass is 406 g/mol. The van der Waals surface area contributed by atoms with Crippen LogP contribution in [0.4, 0.5) is 5.69 Å². The molecule has 3 aromatic carbocycles. The highest BCUT2D eigenvalue weighted by molar-refractivity contribution is 5.47. The molecule has 5 nitrogen and oxygen atoms in total. The van der Waals surface area contributed by atoms with E-state index in [9.17, 15) is 10.2 Å². The van der Waals surface area contributed by atoms with E-state index in [1.807, 2.05) is 80.8 Å². The number of hydrogen-bond acceptors (Lipinski definition) is 5. The van der Waals surface area contributed by atoms with Crippen LogP contribution in [0.3, 0.4) is 0 Å². The van der Waals surface area contributed by atoms with Crippen LogP contribution >= 0.6 is 0 Å². The van der Waals surface area contributed by atoms with Crippen LogP contribution in [0, 0.1) is 0 Å². The van der Waals surface area contributed by atoms with Gasteiger partial charge in [0, 0.05) is 12.2 Å². The first-order chi connectivity index (χ1) is 14.5. The van der Waals surface area contributed by atoms with Crippen molar-refractivity contribution in [2.45, 2.75) is 25.3 Å². The lowest BCUT2D eigenvalue weighted by molar-refractivity contribution is 0.0794. The van der Waals surface area contributed by atoms with Crippen molar-refractivity contribution in [3.8, 4) is 5.75 Å². The van der Waals surface area contributed by atoms with Crippen molar-refractivity contribution in [3.63, 3.8) is 0 Å². The van der Waals surface area contributed by atoms with Gasteiger partial charge >= 0.3 is 0 Å². The number of hydrogen-bond donors (Lipinski definition) is 3. The molecule has 0 aliphatic heterocycles. The second-order valence-corrected chi connectivity index (χ2v) is 7.65. The number of nitrogens with one attached hydrogen (secondary N) is 1. The summed E-state index contributed by atoms with van der Waals surface area (Å²) in [5.74, 6) is 0.757. The quantitative estimate of drug-likeness (QED) is 0.478. The average Bonchev–Trinajstić information content (AvgIpc) is 2.77. The van der Waals surface area contributed by atoms with Gasteiger partial charge in [0.2, 0.25) is 0 Å². The molecular weight excluding hydrogens is 376 g/mol. The maximum absolute atomic E-state index is 10.4. The van der Waals surface area contributed by atoms with Gasteiger partial charge in [-0.3, -0.25) is 0 Å². The fourth-order valence-corrected chi connectivity index (χ4v) is 3.27. The van der Waals surface area contributed by atoms with E-state index in [0.29, 0.717) is 6.61 Å². The van der Waals surface area contributed by atoms with Gasteiger partial charge in [0.1, 0.15) is 18.5 Å². The van der Waals surface area contributed by atoms with Gasteiger partial charge < -0.3 is 25.2 Å². The summed E-state index contributed by atoms with van der Waals surface area (Å²) in [4.78, 5) is 2.11. The maximum Gasteiger partial charge on any atom is 0.119 e. The molecule has 3 aromatic rings. The van der Waals surface area contributed by atoms with Crippen molar-refractivity contribution in [1.82, 2.24) is 4.90 Å². The van der Waals surface area contributed by atoms with Crippen LogP contribution in [0.25, 0.3) is 0 Å². The van der Waals surface area contributed by atoms with Crippen molar-refractivity contribution in [3.05, 3.63) is 95.6 Å². The Morgan fingerprint density at radius 3 is 2.13 bits per heavy atom. The van der Waals surface area contributed by atoms with Gasteiger partial charge in [0.05, 0.1) is 12.6 Å². The molecule has 0 saturated carbocycles. The minimum atomic E-state index is -0.928. The zero-order valence-electron chi connectivity index (χ0n) is 17.5. The average molecular weight is 407 g/mol. The Balaban J connectivity index is 1.67. The highest BCUT2D eigenvalue weighted by Gasteiger charge is 2.20. The molecule has 0 fully saturated rings. The van der Waals surface area contributed by atoms with E-state index in [0.717, 1.165) is 29.1 Å². The Morgan fingerprint density at radius 1 is 0.867 bits per heavy atom. The van der Waals surface area contributed by atoms with Crippen molar-refractivity contribution in [2.24, 2.45) is 0 Å². The molecule has 0 aliphatic carbocycles. The lowest BCUT2D eigenvalue weighted by Gasteiger charge is -2.25. The minimum Gasteiger partial charge on any atom is -0.489 e. The van der Waals surface area contributed by atoms with Gasteiger partial charge in [-0.05, 0) is 55.1 Å². The highest BCUT2D eigenvalue weighted by atomic mass is 16.5. The van der Waals surface area contributed by atoms with Crippen LogP contribution in [0.2, 0.25) is 0 Å². The van der Waals surface area contributed by atoms with E-state index in [-0.39, 0.29) is 6.61 Å². The Morgan fingerprint density at radius 2 is 1.53 bits per heavy atom. The fourth-order valence-electron chi connectivity index (χ4n) is 3.27. The zero-order valence-corrected chi connectivity index (χ0v) is 17.5. The Bertz CT molecular complexity index is 881. The number of aliphatic hydroxyl groups excluding tert-OH is 2. The van der Waals surface area contributed by atoms with Crippen LogP contribution in [-0.4, -0.2) is 41.9 Å². The highest BCUT2D eigenvalue weighted by Crippen LogP contribution is 2.25. The molecule has 0 spiro atoms. The first-order valence-electron chi connectivity index (χ1n) is 10.1. The molecule has 0 aromatic heterocycles. The number of nitrogens with zero attached hydrogens (tertiary/aromatic N) is 1. The summed E-state index contributed by atoms with van der Waals surface area (Å²) < 4.78 is 5.84. The molecule has 0 bridgehead atoms. The summed E-state index contributed by atoms with van der Waals surface area (Å²) in [5, 5.41) is 23.2. The Labute approximate surface area is 178 Å². The Kier molecular flexibility index (Phi) is 7.85. The van der Waals surface area contributed by atoms with Gasteiger partial charge in [0.15, 0.2) is 0 Å². The number of aliphatic hydroxyl groups is 2. The molecule has 0 radical (unpaired) electrons. The van der Waals surface area contributed by atoms with Crippen LogP contribution in [0.15, 0.2) is 78.9 Å². The Hall–Kier alpha value is -2.86. The van der Waals surface area contributed by atoms with Crippen LogP contribution in [0.1, 0.15) is 22.7 Å². The van der Waals surface area contributed by atoms with Gasteiger partial charge in [-0.15, -0.1) is 0 Å². The number of benzene rings is 3. The predicted octanol–water partition coefficient (Wildman–Crippen LogP) is 3.83. The van der Waals surface area contributed by atoms with Crippen LogP contribution in [-0.2, 0) is 13.2 Å². The molecule has 5 heteroatoms. The van der Waals surface area contributed by atoms with Gasteiger partial charge in [0.25, 0.3) is 0 Å². The number of ether oxygens (including phenoxy) is 1. The molecule has 0 amide bonds. The molecule has 3 N–H and O–H groups in total. The lowest BCUT2D eigenvalue weighted by Crippen LogP contribution is -2.28. The summed E-state index contributed by atoms with van der Waals surface area (Å²) >= 11 is 0. The SMILES string of the molecule is CN(C)Cc1ccc(NC(c2ccc(OCc3ccccc3)cc2)[C@H](O)CO)cc1. The summed E-state index contributed by atoms with van der Waals surface area (Å²) in [5.41, 5.74) is 4.08. The zero-order chi connectivity index (χ0) is 21.3. The third-order valence-corrected chi connectivity index (χ3v) is 4.83. The molecule has 158 valence electrons. The second-order valence-electron chi connectivity index (χ2n) is 7.65. The van der Waals surface area contributed by atoms with E-state index in [1.165, 1.54) is 5.56 Å². The third-order valence-electron chi connectivity index (χ3n) is 4.83. The first kappa shape index (κ1) is 21.8. The molecule has 0 heterocycles. The topological polar surface area (TPSA) is 65.0 Å². The molecule has 30 heavy (non-hydrogen) atoms. The molecule has 3 rings (SSSR count). The fraction of sp³-hybridized carbons (Fsp3) is 0.280. The van der Waals surface area contributed by atoms with Gasteiger partial charge in [-0.2, -0.15) is 0 Å². The first-order valence-corrected chi connectivity index (χ1v) is 10.1. The standard InChI is InChI=1S/C25H30N2O3/c1-27(2)16-19-8-12-22(13-9-19)26-25(24(29)17-28)21-10-14-23(15-11-21)30-18-20-6-4-3-5-7-20/h3-15,24-26,28-29H,16-18H2,1-2H3/t24-,25?/m1/s1. The summed E-state index contributed by atoms with van der Waals surface area (Å²) in [6.07, 6.45) is -0.928. The molecule has 0 aliphatic rings. The normalized spacial score (nSPS) is 13.1. The predicted molar refractivity (Wildman–Crippen MR) is 121 cm³/mol. The van der Waals surface area contributed by atoms with Gasteiger partial charge in [-0.1, -0.05) is 54.6 Å². The van der Waals surface area contributed by atoms with Crippen LogP contribution < -0.4 is 10.1 Å². The summed E-state index contributed by atoms with van der Waals surface area (Å²) in [7, 11) is 4.07.